The Kier molecular flexibility index (Phi) is 6.53. The Morgan fingerprint density at radius 2 is 1.97 bits per heavy atom. The van der Waals surface area contributed by atoms with Crippen molar-refractivity contribution in [1.82, 2.24) is 19.7 Å². The predicted molar refractivity (Wildman–Crippen MR) is 121 cm³/mol. The minimum absolute atomic E-state index is 0.232. The first-order valence-electron chi connectivity index (χ1n) is 10.9. The summed E-state index contributed by atoms with van der Waals surface area (Å²) in [6.07, 6.45) is 6.22. The molecule has 1 saturated heterocycles. The lowest BCUT2D eigenvalue weighted by molar-refractivity contribution is 0.0760. The third-order valence-electron chi connectivity index (χ3n) is 5.88. The average Bonchev–Trinajstić information content (AvgIpc) is 3.22. The molecular weight excluding hydrogens is 412 g/mol. The number of aryl methyl sites for hydroxylation is 2. The van der Waals surface area contributed by atoms with Crippen LogP contribution < -0.4 is 5.32 Å². The number of benzene rings is 1. The molecule has 1 aromatic carbocycles. The summed E-state index contributed by atoms with van der Waals surface area (Å²) in [6, 6.07) is 4.93. The molecule has 1 aliphatic heterocycles. The molecule has 32 heavy (non-hydrogen) atoms. The van der Waals surface area contributed by atoms with Crippen LogP contribution >= 0.6 is 0 Å². The molecule has 3 aromatic rings. The molecule has 2 aromatic heterocycles. The molecule has 170 valence electrons. The highest BCUT2D eigenvalue weighted by molar-refractivity contribution is 5.66. The second-order valence-corrected chi connectivity index (χ2v) is 8.69. The van der Waals surface area contributed by atoms with Crippen molar-refractivity contribution < 1.29 is 13.9 Å². The van der Waals surface area contributed by atoms with Crippen LogP contribution in [0.15, 0.2) is 43.0 Å². The fourth-order valence-electron chi connectivity index (χ4n) is 4.18. The number of likely N-dealkylation sites (tertiary alicyclic amines) is 1. The van der Waals surface area contributed by atoms with Crippen LogP contribution in [0.3, 0.4) is 0 Å². The van der Waals surface area contributed by atoms with Crippen molar-refractivity contribution in [3.05, 3.63) is 59.9 Å². The number of hydrogen-bond acceptors (Lipinski definition) is 5. The minimum Gasteiger partial charge on any atom is -0.392 e. The fourth-order valence-corrected chi connectivity index (χ4v) is 4.18. The van der Waals surface area contributed by atoms with Gasteiger partial charge in [-0.1, -0.05) is 0 Å². The van der Waals surface area contributed by atoms with E-state index in [4.69, 9.17) is 0 Å². The van der Waals surface area contributed by atoms with Crippen molar-refractivity contribution in [1.29, 1.82) is 0 Å². The van der Waals surface area contributed by atoms with Gasteiger partial charge in [0.15, 0.2) is 0 Å². The number of halogens is 2. The van der Waals surface area contributed by atoms with Crippen LogP contribution in [0, 0.1) is 19.7 Å². The van der Waals surface area contributed by atoms with Gasteiger partial charge in [-0.3, -0.25) is 9.88 Å². The highest BCUT2D eigenvalue weighted by Gasteiger charge is 2.29. The smallest absolute Gasteiger partial charge is 0.133 e. The van der Waals surface area contributed by atoms with Gasteiger partial charge in [-0.25, -0.2) is 13.5 Å². The summed E-state index contributed by atoms with van der Waals surface area (Å²) in [4.78, 5) is 6.27. The van der Waals surface area contributed by atoms with E-state index in [9.17, 15) is 13.9 Å². The summed E-state index contributed by atoms with van der Waals surface area (Å²) in [7, 11) is 0. The van der Waals surface area contributed by atoms with E-state index in [1.807, 2.05) is 24.1 Å². The third-order valence-corrected chi connectivity index (χ3v) is 5.88. The summed E-state index contributed by atoms with van der Waals surface area (Å²) in [5.41, 5.74) is 4.66. The number of aliphatic hydroxyl groups is 1. The SMILES string of the molecule is Cc1cc(-n2cc(-c3cncc(NC4CCN(C[C@H](C)O)CC4F)c3)cn2)c(C)cc1F. The van der Waals surface area contributed by atoms with Crippen LogP contribution in [0.5, 0.6) is 0 Å². The van der Waals surface area contributed by atoms with Crippen LogP contribution in [0.4, 0.5) is 14.5 Å². The highest BCUT2D eigenvalue weighted by Crippen LogP contribution is 2.26. The molecule has 0 radical (unpaired) electrons. The Labute approximate surface area is 186 Å². The Morgan fingerprint density at radius 3 is 2.72 bits per heavy atom. The number of aliphatic hydroxyl groups excluding tert-OH is 1. The molecule has 0 bridgehead atoms. The van der Waals surface area contributed by atoms with Gasteiger partial charge in [-0.15, -0.1) is 0 Å². The van der Waals surface area contributed by atoms with Crippen LogP contribution in [0.1, 0.15) is 24.5 Å². The van der Waals surface area contributed by atoms with E-state index in [1.54, 1.807) is 43.2 Å². The maximum Gasteiger partial charge on any atom is 0.133 e. The minimum atomic E-state index is -1.03. The molecule has 3 atom stereocenters. The Hall–Kier alpha value is -2.84. The third kappa shape index (κ3) is 4.97. The zero-order valence-corrected chi connectivity index (χ0v) is 18.6. The number of pyridine rings is 1. The van der Waals surface area contributed by atoms with Crippen molar-refractivity contribution in [2.45, 2.75) is 45.5 Å². The van der Waals surface area contributed by atoms with E-state index in [0.29, 0.717) is 25.1 Å². The summed E-state index contributed by atoms with van der Waals surface area (Å²) >= 11 is 0. The summed E-state index contributed by atoms with van der Waals surface area (Å²) in [6.45, 7) is 6.83. The molecule has 8 heteroatoms. The first kappa shape index (κ1) is 22.4. The van der Waals surface area contributed by atoms with E-state index in [1.165, 1.54) is 6.07 Å². The topological polar surface area (TPSA) is 66.2 Å². The van der Waals surface area contributed by atoms with E-state index in [0.717, 1.165) is 34.6 Å². The van der Waals surface area contributed by atoms with Gasteiger partial charge in [0.25, 0.3) is 0 Å². The molecule has 1 aliphatic rings. The number of aromatic nitrogens is 3. The normalized spacial score (nSPS) is 20.3. The fraction of sp³-hybridized carbons (Fsp3) is 0.417. The van der Waals surface area contributed by atoms with Gasteiger partial charge < -0.3 is 10.4 Å². The first-order valence-corrected chi connectivity index (χ1v) is 10.9. The summed E-state index contributed by atoms with van der Waals surface area (Å²) in [5, 5.41) is 17.3. The average molecular weight is 442 g/mol. The van der Waals surface area contributed by atoms with Crippen molar-refractivity contribution in [3.8, 4) is 16.8 Å². The molecule has 0 spiro atoms. The van der Waals surface area contributed by atoms with Gasteiger partial charge in [-0.05, 0) is 56.5 Å². The Morgan fingerprint density at radius 1 is 1.16 bits per heavy atom. The molecule has 4 rings (SSSR count). The van der Waals surface area contributed by atoms with Crippen LogP contribution in [-0.4, -0.2) is 62.7 Å². The van der Waals surface area contributed by atoms with Crippen molar-refractivity contribution >= 4 is 5.69 Å². The quantitative estimate of drug-likeness (QED) is 0.608. The standard InChI is InChI=1S/C24H29F2N5O/c1-15-7-24(16(2)6-21(15)25)31-13-19(10-28-31)18-8-20(11-27-9-18)29-23-4-5-30(12-17(3)32)14-22(23)26/h6-11,13,17,22-23,29,32H,4-5,12,14H2,1-3H3/t17-,22?,23?/m0/s1. The second kappa shape index (κ2) is 9.34. The molecular formula is C24H29F2N5O. The van der Waals surface area contributed by atoms with E-state index in [-0.39, 0.29) is 11.9 Å². The molecule has 0 aliphatic carbocycles. The van der Waals surface area contributed by atoms with Gasteiger partial charge in [0.1, 0.15) is 12.0 Å². The highest BCUT2D eigenvalue weighted by atomic mass is 19.1. The van der Waals surface area contributed by atoms with Gasteiger partial charge in [0.2, 0.25) is 0 Å². The molecule has 0 saturated carbocycles. The van der Waals surface area contributed by atoms with Gasteiger partial charge >= 0.3 is 0 Å². The summed E-state index contributed by atoms with van der Waals surface area (Å²) in [5.74, 6) is -0.232. The molecule has 2 unspecified atom stereocenters. The number of piperidine rings is 1. The second-order valence-electron chi connectivity index (χ2n) is 8.69. The molecule has 0 amide bonds. The van der Waals surface area contributed by atoms with Crippen molar-refractivity contribution in [3.63, 3.8) is 0 Å². The van der Waals surface area contributed by atoms with Crippen LogP contribution in [0.2, 0.25) is 0 Å². The van der Waals surface area contributed by atoms with Crippen molar-refractivity contribution in [2.75, 3.05) is 25.0 Å². The zero-order chi connectivity index (χ0) is 22.8. The number of nitrogens with zero attached hydrogens (tertiary/aromatic N) is 4. The van der Waals surface area contributed by atoms with Crippen LogP contribution in [-0.2, 0) is 0 Å². The van der Waals surface area contributed by atoms with E-state index >= 15 is 0 Å². The number of anilines is 1. The zero-order valence-electron chi connectivity index (χ0n) is 18.6. The number of alkyl halides is 1. The molecule has 2 N–H and O–H groups in total. The number of rotatable bonds is 6. The first-order chi connectivity index (χ1) is 15.3. The number of β-amino-alcohol motifs (C(OH)–C–C–N with tert-alkyl or cyclic N) is 1. The lowest BCUT2D eigenvalue weighted by Gasteiger charge is -2.36. The van der Waals surface area contributed by atoms with Crippen molar-refractivity contribution in [2.24, 2.45) is 0 Å². The number of nitrogens with one attached hydrogen (secondary N) is 1. The van der Waals surface area contributed by atoms with Crippen LogP contribution in [0.25, 0.3) is 16.8 Å². The lowest BCUT2D eigenvalue weighted by Crippen LogP contribution is -2.49. The van der Waals surface area contributed by atoms with Gasteiger partial charge in [-0.2, -0.15) is 5.10 Å². The summed E-state index contributed by atoms with van der Waals surface area (Å²) < 4.78 is 30.2. The molecule has 6 nitrogen and oxygen atoms in total. The maximum atomic E-state index is 14.7. The van der Waals surface area contributed by atoms with E-state index < -0.39 is 12.3 Å². The van der Waals surface area contributed by atoms with Gasteiger partial charge in [0.05, 0.1) is 29.7 Å². The lowest BCUT2D eigenvalue weighted by atomic mass is 10.0. The monoisotopic (exact) mass is 441 g/mol. The van der Waals surface area contributed by atoms with E-state index in [2.05, 4.69) is 15.4 Å². The molecule has 1 fully saturated rings. The predicted octanol–water partition coefficient (Wildman–Crippen LogP) is 3.90. The molecule has 3 heterocycles. The largest absolute Gasteiger partial charge is 0.392 e. The maximum absolute atomic E-state index is 14.7. The van der Waals surface area contributed by atoms with Gasteiger partial charge in [0, 0.05) is 49.4 Å². The Balaban J connectivity index is 1.48. The number of hydrogen-bond donors (Lipinski definition) is 2. The Bertz CT molecular complexity index is 1080.